The number of halogens is 1. The van der Waals surface area contributed by atoms with Crippen molar-refractivity contribution in [2.45, 2.75) is 37.2 Å². The van der Waals surface area contributed by atoms with Gasteiger partial charge < -0.3 is 0 Å². The first-order valence-electron chi connectivity index (χ1n) is 6.32. The zero-order valence-electron chi connectivity index (χ0n) is 11.0. The summed E-state index contributed by atoms with van der Waals surface area (Å²) in [5.74, 6) is -0.610. The Bertz CT molecular complexity index is 654. The Hall–Kier alpha value is -1.56. The number of isocyanates is 1. The maximum Gasteiger partial charge on any atom is 0.245 e. The number of piperidine rings is 1. The second-order valence-electron chi connectivity index (χ2n) is 4.72. The highest BCUT2D eigenvalue weighted by atomic mass is 32.2. The molecule has 7 heteroatoms. The fraction of sp³-hybridized carbons (Fsp3) is 0.462. The Kier molecular flexibility index (Phi) is 4.32. The first-order chi connectivity index (χ1) is 9.46. The number of nitrogens with zero attached hydrogens (tertiary/aromatic N) is 2. The summed E-state index contributed by atoms with van der Waals surface area (Å²) in [7, 11) is -3.87. The van der Waals surface area contributed by atoms with Crippen LogP contribution in [0.25, 0.3) is 0 Å². The predicted molar refractivity (Wildman–Crippen MR) is 70.8 cm³/mol. The van der Waals surface area contributed by atoms with E-state index in [9.17, 15) is 17.6 Å². The van der Waals surface area contributed by atoms with Crippen molar-refractivity contribution < 1.29 is 17.6 Å². The van der Waals surface area contributed by atoms with Gasteiger partial charge in [0.15, 0.2) is 0 Å². The summed E-state index contributed by atoms with van der Waals surface area (Å²) >= 11 is 0. The number of aliphatic imine (C=N–C) groups is 1. The van der Waals surface area contributed by atoms with Crippen LogP contribution in [0.2, 0.25) is 0 Å². The molecule has 1 atom stereocenters. The molecule has 1 unspecified atom stereocenters. The van der Waals surface area contributed by atoms with Crippen LogP contribution in [-0.4, -0.2) is 31.5 Å². The average molecular weight is 298 g/mol. The Morgan fingerprint density at radius 2 is 2.15 bits per heavy atom. The molecular formula is C13H15FN2O3S. The van der Waals surface area contributed by atoms with E-state index in [1.165, 1.54) is 18.2 Å². The molecule has 0 aromatic heterocycles. The van der Waals surface area contributed by atoms with Crippen molar-refractivity contribution in [3.05, 3.63) is 29.6 Å². The summed E-state index contributed by atoms with van der Waals surface area (Å²) in [6.45, 7) is 1.88. The summed E-state index contributed by atoms with van der Waals surface area (Å²) in [6.07, 6.45) is 2.63. The summed E-state index contributed by atoms with van der Waals surface area (Å²) in [6, 6.07) is 3.64. The van der Waals surface area contributed by atoms with Crippen LogP contribution in [0.1, 0.15) is 24.8 Å². The van der Waals surface area contributed by atoms with Crippen molar-refractivity contribution in [3.63, 3.8) is 0 Å². The molecule has 0 aliphatic carbocycles. The van der Waals surface area contributed by atoms with E-state index in [1.54, 1.807) is 6.92 Å². The normalized spacial score (nSPS) is 20.4. The van der Waals surface area contributed by atoms with E-state index in [0.29, 0.717) is 18.4 Å². The van der Waals surface area contributed by atoms with Crippen molar-refractivity contribution >= 4 is 16.1 Å². The quantitative estimate of drug-likeness (QED) is 0.633. The summed E-state index contributed by atoms with van der Waals surface area (Å²) in [5.41, 5.74) is 0.464. The number of aryl methyl sites for hydroxylation is 1. The minimum absolute atomic E-state index is 0.0782. The summed E-state index contributed by atoms with van der Waals surface area (Å²) in [5, 5.41) is 0. The number of rotatable bonds is 3. The van der Waals surface area contributed by atoms with Crippen LogP contribution in [0.5, 0.6) is 0 Å². The Morgan fingerprint density at radius 1 is 1.40 bits per heavy atom. The Balaban J connectivity index is 2.47. The first-order valence-corrected chi connectivity index (χ1v) is 7.76. The molecule has 0 amide bonds. The molecule has 1 aliphatic rings. The van der Waals surface area contributed by atoms with Crippen molar-refractivity contribution in [1.82, 2.24) is 4.31 Å². The zero-order chi connectivity index (χ0) is 14.8. The summed E-state index contributed by atoms with van der Waals surface area (Å²) in [4.78, 5) is 13.9. The molecule has 1 aromatic rings. The van der Waals surface area contributed by atoms with Gasteiger partial charge in [-0.05, 0) is 43.9 Å². The molecule has 0 saturated carbocycles. The monoisotopic (exact) mass is 298 g/mol. The molecule has 0 spiro atoms. The highest BCUT2D eigenvalue weighted by Crippen LogP contribution is 2.27. The number of hydrogen-bond acceptors (Lipinski definition) is 4. The van der Waals surface area contributed by atoms with Gasteiger partial charge in [-0.2, -0.15) is 9.30 Å². The van der Waals surface area contributed by atoms with Crippen LogP contribution < -0.4 is 0 Å². The van der Waals surface area contributed by atoms with Crippen LogP contribution >= 0.6 is 0 Å². The van der Waals surface area contributed by atoms with Gasteiger partial charge in [0, 0.05) is 6.54 Å². The number of sulfonamides is 1. The van der Waals surface area contributed by atoms with Gasteiger partial charge in [0.1, 0.15) is 12.0 Å². The van der Waals surface area contributed by atoms with E-state index in [-0.39, 0.29) is 11.4 Å². The molecule has 1 aromatic carbocycles. The molecule has 0 N–H and O–H groups in total. The maximum atomic E-state index is 13.3. The SMILES string of the molecule is Cc1ccc(F)cc1S(=O)(=O)N1CCCCC1N=C=O. The van der Waals surface area contributed by atoms with E-state index >= 15 is 0 Å². The van der Waals surface area contributed by atoms with Gasteiger partial charge in [0.2, 0.25) is 16.1 Å². The van der Waals surface area contributed by atoms with E-state index in [0.717, 1.165) is 16.8 Å². The number of benzene rings is 1. The van der Waals surface area contributed by atoms with Gasteiger partial charge in [-0.15, -0.1) is 0 Å². The number of hydrogen-bond donors (Lipinski definition) is 0. The van der Waals surface area contributed by atoms with E-state index in [1.807, 2.05) is 0 Å². The van der Waals surface area contributed by atoms with Crippen LogP contribution in [0.15, 0.2) is 28.1 Å². The second kappa shape index (κ2) is 5.83. The third kappa shape index (κ3) is 2.80. The molecule has 1 saturated heterocycles. The van der Waals surface area contributed by atoms with Crippen LogP contribution in [0.3, 0.4) is 0 Å². The Labute approximate surface area is 117 Å². The van der Waals surface area contributed by atoms with Gasteiger partial charge in [-0.1, -0.05) is 6.07 Å². The molecule has 1 aliphatic heterocycles. The minimum atomic E-state index is -3.87. The smallest absolute Gasteiger partial charge is 0.211 e. The van der Waals surface area contributed by atoms with Crippen molar-refractivity contribution in [2.75, 3.05) is 6.54 Å². The van der Waals surface area contributed by atoms with E-state index < -0.39 is 22.0 Å². The minimum Gasteiger partial charge on any atom is -0.211 e. The third-order valence-electron chi connectivity index (χ3n) is 3.36. The fourth-order valence-corrected chi connectivity index (χ4v) is 4.17. The van der Waals surface area contributed by atoms with E-state index in [2.05, 4.69) is 4.99 Å². The second-order valence-corrected chi connectivity index (χ2v) is 6.58. The largest absolute Gasteiger partial charge is 0.245 e. The molecule has 1 fully saturated rings. The lowest BCUT2D eigenvalue weighted by Gasteiger charge is -2.31. The Morgan fingerprint density at radius 3 is 2.85 bits per heavy atom. The lowest BCUT2D eigenvalue weighted by atomic mass is 10.1. The van der Waals surface area contributed by atoms with Gasteiger partial charge in [0.25, 0.3) is 0 Å². The summed E-state index contributed by atoms with van der Waals surface area (Å²) < 4.78 is 39.7. The standard InChI is InChI=1S/C13H15FN2O3S/c1-10-5-6-11(14)8-12(10)20(18,19)16-7-3-2-4-13(16)15-9-17/h5-6,8,13H,2-4,7H2,1H3. The predicted octanol–water partition coefficient (Wildman–Crippen LogP) is 1.97. The lowest BCUT2D eigenvalue weighted by Crippen LogP contribution is -2.42. The van der Waals surface area contributed by atoms with Gasteiger partial charge in [-0.25, -0.2) is 17.6 Å². The van der Waals surface area contributed by atoms with Gasteiger partial charge >= 0.3 is 0 Å². The van der Waals surface area contributed by atoms with Crippen LogP contribution in [0.4, 0.5) is 4.39 Å². The van der Waals surface area contributed by atoms with Crippen LogP contribution in [-0.2, 0) is 14.8 Å². The van der Waals surface area contributed by atoms with Crippen LogP contribution in [0, 0.1) is 12.7 Å². The van der Waals surface area contributed by atoms with Crippen molar-refractivity contribution in [1.29, 1.82) is 0 Å². The topological polar surface area (TPSA) is 66.8 Å². The van der Waals surface area contributed by atoms with Gasteiger partial charge in [-0.3, -0.25) is 0 Å². The molecule has 108 valence electrons. The van der Waals surface area contributed by atoms with Crippen molar-refractivity contribution in [3.8, 4) is 0 Å². The molecular weight excluding hydrogens is 283 g/mol. The van der Waals surface area contributed by atoms with Crippen molar-refractivity contribution in [2.24, 2.45) is 4.99 Å². The number of carbonyl (C=O) groups excluding carboxylic acids is 1. The molecule has 20 heavy (non-hydrogen) atoms. The zero-order valence-corrected chi connectivity index (χ0v) is 11.9. The fourth-order valence-electron chi connectivity index (χ4n) is 2.34. The highest BCUT2D eigenvalue weighted by molar-refractivity contribution is 7.89. The maximum absolute atomic E-state index is 13.3. The first kappa shape index (κ1) is 14.8. The lowest BCUT2D eigenvalue weighted by molar-refractivity contribution is 0.259. The van der Waals surface area contributed by atoms with E-state index in [4.69, 9.17) is 0 Å². The highest BCUT2D eigenvalue weighted by Gasteiger charge is 2.34. The molecule has 0 radical (unpaired) electrons. The molecule has 5 nitrogen and oxygen atoms in total. The molecule has 1 heterocycles. The average Bonchev–Trinajstić information content (AvgIpc) is 2.42. The molecule has 0 bridgehead atoms. The third-order valence-corrected chi connectivity index (χ3v) is 5.40. The molecule has 2 rings (SSSR count). The van der Waals surface area contributed by atoms with Gasteiger partial charge in [0.05, 0.1) is 4.90 Å².